The molecule has 0 fully saturated rings. The predicted octanol–water partition coefficient (Wildman–Crippen LogP) is 4.04. The summed E-state index contributed by atoms with van der Waals surface area (Å²) in [5.74, 6) is 0. The SMILES string of the molecule is C=C(C(C)(C)C)C(C)(C)CC(C)(OC)N(C(C)C)S(C)(=O)=O. The fraction of sp³-hybridized carbons (Fsp3) is 0.882. The van der Waals surface area contributed by atoms with E-state index in [4.69, 9.17) is 4.74 Å². The first-order valence-corrected chi connectivity index (χ1v) is 9.58. The summed E-state index contributed by atoms with van der Waals surface area (Å²) in [6.45, 7) is 20.4. The molecule has 1 unspecified atom stereocenters. The number of ether oxygens (including phenoxy) is 1. The maximum Gasteiger partial charge on any atom is 0.213 e. The van der Waals surface area contributed by atoms with Gasteiger partial charge in [0.25, 0.3) is 0 Å². The van der Waals surface area contributed by atoms with Gasteiger partial charge in [-0.15, -0.1) is 0 Å². The summed E-state index contributed by atoms with van der Waals surface area (Å²) in [4.78, 5) is 0. The number of allylic oxidation sites excluding steroid dienone is 1. The van der Waals surface area contributed by atoms with Crippen LogP contribution in [-0.4, -0.2) is 37.9 Å². The molecule has 0 amide bonds. The maximum atomic E-state index is 12.3. The van der Waals surface area contributed by atoms with Crippen LogP contribution in [0.5, 0.6) is 0 Å². The molecule has 0 aromatic carbocycles. The van der Waals surface area contributed by atoms with Gasteiger partial charge in [0.05, 0.1) is 6.26 Å². The molecule has 5 heteroatoms. The highest BCUT2D eigenvalue weighted by Gasteiger charge is 2.45. The van der Waals surface area contributed by atoms with Gasteiger partial charge in [-0.3, -0.25) is 0 Å². The normalized spacial score (nSPS) is 16.9. The lowest BCUT2D eigenvalue weighted by atomic mass is 9.68. The van der Waals surface area contributed by atoms with E-state index in [2.05, 4.69) is 41.2 Å². The molecule has 0 aliphatic heterocycles. The minimum atomic E-state index is -3.39. The largest absolute Gasteiger partial charge is 0.363 e. The summed E-state index contributed by atoms with van der Waals surface area (Å²) in [6.07, 6.45) is 1.77. The number of hydrogen-bond donors (Lipinski definition) is 0. The molecule has 0 spiro atoms. The molecule has 1 atom stereocenters. The third kappa shape index (κ3) is 5.07. The lowest BCUT2D eigenvalue weighted by Gasteiger charge is -2.47. The summed E-state index contributed by atoms with van der Waals surface area (Å²) in [6, 6.07) is -0.182. The van der Waals surface area contributed by atoms with E-state index in [1.54, 1.807) is 7.11 Å². The van der Waals surface area contributed by atoms with Gasteiger partial charge in [-0.25, -0.2) is 8.42 Å². The standard InChI is InChI=1S/C17H35NO3S/c1-13(2)18(22(11,19)20)17(9,21-10)12-16(7,8)14(3)15(4,5)6/h13H,3,12H2,1-2,4-11H3. The second-order valence-corrected chi connectivity index (χ2v) is 10.2. The molecule has 0 saturated carbocycles. The van der Waals surface area contributed by atoms with Crippen LogP contribution in [0.15, 0.2) is 12.2 Å². The molecule has 0 bridgehead atoms. The van der Waals surface area contributed by atoms with Crippen molar-refractivity contribution in [1.82, 2.24) is 4.31 Å². The highest BCUT2D eigenvalue weighted by molar-refractivity contribution is 7.88. The molecule has 0 N–H and O–H groups in total. The summed E-state index contributed by atoms with van der Waals surface area (Å²) in [7, 11) is -1.82. The van der Waals surface area contributed by atoms with E-state index in [1.807, 2.05) is 20.8 Å². The lowest BCUT2D eigenvalue weighted by molar-refractivity contribution is -0.113. The Hall–Kier alpha value is -0.390. The van der Waals surface area contributed by atoms with Crippen LogP contribution in [0.1, 0.15) is 61.8 Å². The molecule has 0 aliphatic carbocycles. The molecular formula is C17H35NO3S. The second-order valence-electron chi connectivity index (χ2n) is 8.32. The molecule has 0 aliphatic rings. The van der Waals surface area contributed by atoms with E-state index in [9.17, 15) is 8.42 Å². The molecule has 0 saturated heterocycles. The van der Waals surface area contributed by atoms with Gasteiger partial charge in [0.2, 0.25) is 10.0 Å². The number of hydrogen-bond acceptors (Lipinski definition) is 3. The molecule has 4 nitrogen and oxygen atoms in total. The summed E-state index contributed by atoms with van der Waals surface area (Å²) in [5, 5.41) is 0. The van der Waals surface area contributed by atoms with Crippen molar-refractivity contribution in [3.63, 3.8) is 0 Å². The van der Waals surface area contributed by atoms with Gasteiger partial charge in [-0.1, -0.05) is 46.8 Å². The summed E-state index contributed by atoms with van der Waals surface area (Å²) in [5.41, 5.74) is -0.146. The third-order valence-electron chi connectivity index (χ3n) is 4.22. The Morgan fingerprint density at radius 1 is 1.14 bits per heavy atom. The van der Waals surface area contributed by atoms with Crippen molar-refractivity contribution in [2.45, 2.75) is 73.6 Å². The lowest BCUT2D eigenvalue weighted by Crippen LogP contribution is -2.56. The van der Waals surface area contributed by atoms with E-state index >= 15 is 0 Å². The van der Waals surface area contributed by atoms with Gasteiger partial charge in [0.1, 0.15) is 5.72 Å². The highest BCUT2D eigenvalue weighted by atomic mass is 32.2. The Kier molecular flexibility index (Phi) is 6.50. The Morgan fingerprint density at radius 2 is 1.55 bits per heavy atom. The van der Waals surface area contributed by atoms with Crippen molar-refractivity contribution in [3.05, 3.63) is 12.2 Å². The summed E-state index contributed by atoms with van der Waals surface area (Å²) >= 11 is 0. The first kappa shape index (κ1) is 21.6. The Labute approximate surface area is 138 Å². The first-order valence-electron chi connectivity index (χ1n) is 7.73. The number of rotatable bonds is 7. The quantitative estimate of drug-likeness (QED) is 0.522. The van der Waals surface area contributed by atoms with Crippen LogP contribution in [0.4, 0.5) is 0 Å². The second kappa shape index (κ2) is 6.62. The first-order chi connectivity index (χ1) is 9.49. The van der Waals surface area contributed by atoms with Crippen LogP contribution in [0.2, 0.25) is 0 Å². The molecule has 0 aromatic heterocycles. The third-order valence-corrected chi connectivity index (χ3v) is 5.75. The van der Waals surface area contributed by atoms with E-state index in [1.165, 1.54) is 10.6 Å². The van der Waals surface area contributed by atoms with E-state index in [-0.39, 0.29) is 16.9 Å². The van der Waals surface area contributed by atoms with Crippen LogP contribution in [0.3, 0.4) is 0 Å². The van der Waals surface area contributed by atoms with E-state index in [0.29, 0.717) is 6.42 Å². The van der Waals surface area contributed by atoms with Gasteiger partial charge in [-0.2, -0.15) is 4.31 Å². The van der Waals surface area contributed by atoms with Crippen LogP contribution >= 0.6 is 0 Å². The molecule has 132 valence electrons. The average Bonchev–Trinajstić information content (AvgIpc) is 2.23. The zero-order valence-corrected chi connectivity index (χ0v) is 16.9. The van der Waals surface area contributed by atoms with Crippen molar-refractivity contribution < 1.29 is 13.2 Å². The fourth-order valence-corrected chi connectivity index (χ4v) is 5.07. The van der Waals surface area contributed by atoms with Crippen LogP contribution in [0, 0.1) is 10.8 Å². The van der Waals surface area contributed by atoms with Gasteiger partial charge < -0.3 is 4.74 Å². The summed E-state index contributed by atoms with van der Waals surface area (Å²) < 4.78 is 31.7. The highest BCUT2D eigenvalue weighted by Crippen LogP contribution is 2.45. The number of sulfonamides is 1. The zero-order valence-electron chi connectivity index (χ0n) is 16.1. The minimum Gasteiger partial charge on any atom is -0.363 e. The smallest absolute Gasteiger partial charge is 0.213 e. The minimum absolute atomic E-state index is 0.0497. The van der Waals surface area contributed by atoms with Crippen molar-refractivity contribution in [2.24, 2.45) is 10.8 Å². The van der Waals surface area contributed by atoms with Crippen molar-refractivity contribution >= 4 is 10.0 Å². The predicted molar refractivity (Wildman–Crippen MR) is 94.2 cm³/mol. The molecule has 0 rings (SSSR count). The van der Waals surface area contributed by atoms with Crippen molar-refractivity contribution in [1.29, 1.82) is 0 Å². The van der Waals surface area contributed by atoms with Gasteiger partial charge in [-0.05, 0) is 38.0 Å². The van der Waals surface area contributed by atoms with E-state index in [0.717, 1.165) is 5.57 Å². The molecule has 22 heavy (non-hydrogen) atoms. The molecule has 0 aromatic rings. The van der Waals surface area contributed by atoms with E-state index < -0.39 is 15.7 Å². The van der Waals surface area contributed by atoms with Gasteiger partial charge in [0.15, 0.2) is 0 Å². The molecular weight excluding hydrogens is 298 g/mol. The van der Waals surface area contributed by atoms with Gasteiger partial charge >= 0.3 is 0 Å². The monoisotopic (exact) mass is 333 g/mol. The van der Waals surface area contributed by atoms with Crippen LogP contribution in [0.25, 0.3) is 0 Å². The Balaban J connectivity index is 5.81. The Morgan fingerprint density at radius 3 is 1.77 bits per heavy atom. The van der Waals surface area contributed by atoms with Crippen molar-refractivity contribution in [2.75, 3.05) is 13.4 Å². The molecule has 0 heterocycles. The van der Waals surface area contributed by atoms with Crippen LogP contribution < -0.4 is 0 Å². The Bertz CT molecular complexity index is 500. The number of nitrogens with zero attached hydrogens (tertiary/aromatic N) is 1. The zero-order chi connectivity index (χ0) is 18.1. The van der Waals surface area contributed by atoms with Crippen LogP contribution in [-0.2, 0) is 14.8 Å². The fourth-order valence-electron chi connectivity index (χ4n) is 3.46. The molecule has 0 radical (unpaired) electrons. The number of methoxy groups -OCH3 is 1. The maximum absolute atomic E-state index is 12.3. The van der Waals surface area contributed by atoms with Gasteiger partial charge in [0, 0.05) is 13.2 Å². The van der Waals surface area contributed by atoms with Crippen molar-refractivity contribution in [3.8, 4) is 0 Å². The average molecular weight is 334 g/mol. The topological polar surface area (TPSA) is 46.6 Å².